The number of hydrogen-bond donors (Lipinski definition) is 1. The van der Waals surface area contributed by atoms with E-state index in [9.17, 15) is 8.42 Å². The number of benzene rings is 4. The highest BCUT2D eigenvalue weighted by atomic mass is 32.2. The molecule has 0 aliphatic carbocycles. The van der Waals surface area contributed by atoms with Gasteiger partial charge < -0.3 is 4.74 Å². The van der Waals surface area contributed by atoms with Crippen molar-refractivity contribution in [2.24, 2.45) is 5.14 Å². The summed E-state index contributed by atoms with van der Waals surface area (Å²) < 4.78 is 31.1. The summed E-state index contributed by atoms with van der Waals surface area (Å²) in [7, 11) is -2.18. The molecule has 0 unspecified atom stereocenters. The number of methoxy groups -OCH3 is 1. The molecule has 5 rings (SSSR count). The Labute approximate surface area is 204 Å². The molecule has 2 N–H and O–H groups in total. The molecule has 0 spiro atoms. The highest BCUT2D eigenvalue weighted by Gasteiger charge is 2.22. The fourth-order valence-electron chi connectivity index (χ4n) is 4.05. The minimum absolute atomic E-state index is 0.0527. The Bertz CT molecular complexity index is 1560. The zero-order valence-electron chi connectivity index (χ0n) is 19.0. The number of nitrogens with two attached hydrogens (primary N) is 1. The van der Waals surface area contributed by atoms with Crippen LogP contribution in [0.2, 0.25) is 0 Å². The van der Waals surface area contributed by atoms with Crippen LogP contribution < -0.4 is 9.88 Å². The van der Waals surface area contributed by atoms with Gasteiger partial charge in [-0.3, -0.25) is 4.57 Å². The Morgan fingerprint density at radius 3 is 1.83 bits per heavy atom. The molecule has 5 aromatic rings. The third-order valence-corrected chi connectivity index (χ3v) is 6.67. The van der Waals surface area contributed by atoms with Crippen LogP contribution in [0.4, 0.5) is 0 Å². The third kappa shape index (κ3) is 4.47. The summed E-state index contributed by atoms with van der Waals surface area (Å²) in [5.41, 5.74) is 5.32. The van der Waals surface area contributed by atoms with E-state index >= 15 is 0 Å². The number of primary sulfonamides is 1. The predicted molar refractivity (Wildman–Crippen MR) is 138 cm³/mol. The van der Waals surface area contributed by atoms with Crippen molar-refractivity contribution in [3.63, 3.8) is 0 Å². The van der Waals surface area contributed by atoms with Gasteiger partial charge >= 0.3 is 0 Å². The van der Waals surface area contributed by atoms with Crippen LogP contribution in [-0.4, -0.2) is 25.1 Å². The van der Waals surface area contributed by atoms with E-state index in [4.69, 9.17) is 14.9 Å². The molecule has 1 aromatic heterocycles. The molecular weight excluding hydrogens is 458 g/mol. The van der Waals surface area contributed by atoms with Gasteiger partial charge in [0.25, 0.3) is 0 Å². The fraction of sp³-hybridized carbons (Fsp3) is 0.0357. The summed E-state index contributed by atoms with van der Waals surface area (Å²) in [4.78, 5) is 5.16. The SMILES string of the molecule is COc1ccc(-c2nc(-c3ccccc3)c(-c3ccccc3)n2-c2ccc(S(N)(=O)=O)cc2)cc1. The smallest absolute Gasteiger partial charge is 0.238 e. The van der Waals surface area contributed by atoms with Crippen LogP contribution >= 0.6 is 0 Å². The predicted octanol–water partition coefficient (Wildman–Crippen LogP) is 5.53. The van der Waals surface area contributed by atoms with Crippen LogP contribution in [-0.2, 0) is 10.0 Å². The topological polar surface area (TPSA) is 87.2 Å². The number of nitrogens with zero attached hydrogens (tertiary/aromatic N) is 2. The first-order valence-corrected chi connectivity index (χ1v) is 12.5. The minimum Gasteiger partial charge on any atom is -0.497 e. The van der Waals surface area contributed by atoms with Gasteiger partial charge in [0.05, 0.1) is 23.4 Å². The Kier molecular flexibility index (Phi) is 5.94. The second kappa shape index (κ2) is 9.21. The Morgan fingerprint density at radius 2 is 1.29 bits per heavy atom. The van der Waals surface area contributed by atoms with Crippen LogP contribution in [0.1, 0.15) is 0 Å². The third-order valence-electron chi connectivity index (χ3n) is 5.74. The summed E-state index contributed by atoms with van der Waals surface area (Å²) in [5, 5.41) is 5.34. The number of hydrogen-bond acceptors (Lipinski definition) is 4. The van der Waals surface area contributed by atoms with E-state index in [2.05, 4.69) is 0 Å². The van der Waals surface area contributed by atoms with Crippen LogP contribution in [0.3, 0.4) is 0 Å². The summed E-state index contributed by atoms with van der Waals surface area (Å²) >= 11 is 0. The second-order valence-corrected chi connectivity index (χ2v) is 9.53. The molecule has 0 aliphatic rings. The molecule has 0 atom stereocenters. The largest absolute Gasteiger partial charge is 0.497 e. The Balaban J connectivity index is 1.83. The molecule has 35 heavy (non-hydrogen) atoms. The molecule has 0 bridgehead atoms. The molecule has 0 fully saturated rings. The average molecular weight is 482 g/mol. The summed E-state index contributed by atoms with van der Waals surface area (Å²) in [6, 6.07) is 34.2. The molecule has 7 heteroatoms. The fourth-order valence-corrected chi connectivity index (χ4v) is 4.57. The lowest BCUT2D eigenvalue weighted by molar-refractivity contribution is 0.415. The van der Waals surface area contributed by atoms with Crippen LogP contribution in [0.5, 0.6) is 5.75 Å². The van der Waals surface area contributed by atoms with Crippen molar-refractivity contribution >= 4 is 10.0 Å². The van der Waals surface area contributed by atoms with Gasteiger partial charge in [0, 0.05) is 22.4 Å². The Hall–Kier alpha value is -4.20. The van der Waals surface area contributed by atoms with E-state index in [1.807, 2.05) is 89.5 Å². The second-order valence-electron chi connectivity index (χ2n) is 7.97. The first-order valence-electron chi connectivity index (χ1n) is 11.0. The maximum absolute atomic E-state index is 11.9. The zero-order chi connectivity index (χ0) is 24.4. The van der Waals surface area contributed by atoms with Gasteiger partial charge in [-0.25, -0.2) is 18.5 Å². The maximum Gasteiger partial charge on any atom is 0.238 e. The Morgan fingerprint density at radius 1 is 0.714 bits per heavy atom. The molecule has 174 valence electrons. The molecule has 1 heterocycles. The molecule has 6 nitrogen and oxygen atoms in total. The molecule has 0 saturated carbocycles. The summed E-state index contributed by atoms with van der Waals surface area (Å²) in [5.74, 6) is 1.46. The molecule has 0 saturated heterocycles. The van der Waals surface area contributed by atoms with Gasteiger partial charge in [-0.2, -0.15) is 0 Å². The lowest BCUT2D eigenvalue weighted by atomic mass is 10.0. The van der Waals surface area contributed by atoms with Gasteiger partial charge in [-0.05, 0) is 48.5 Å². The highest BCUT2D eigenvalue weighted by molar-refractivity contribution is 7.89. The molecule has 0 aliphatic heterocycles. The highest BCUT2D eigenvalue weighted by Crippen LogP contribution is 2.38. The number of aromatic nitrogens is 2. The van der Waals surface area contributed by atoms with Crippen molar-refractivity contribution in [1.29, 1.82) is 0 Å². The lowest BCUT2D eigenvalue weighted by Gasteiger charge is -2.14. The van der Waals surface area contributed by atoms with E-state index in [1.165, 1.54) is 12.1 Å². The van der Waals surface area contributed by atoms with Crippen molar-refractivity contribution < 1.29 is 13.2 Å². The normalized spacial score (nSPS) is 11.4. The van der Waals surface area contributed by atoms with E-state index in [1.54, 1.807) is 19.2 Å². The molecule has 0 amide bonds. The average Bonchev–Trinajstić information content (AvgIpc) is 3.30. The zero-order valence-corrected chi connectivity index (χ0v) is 19.8. The van der Waals surface area contributed by atoms with E-state index in [0.29, 0.717) is 5.82 Å². The van der Waals surface area contributed by atoms with E-state index < -0.39 is 10.0 Å². The van der Waals surface area contributed by atoms with Crippen LogP contribution in [0, 0.1) is 0 Å². The summed E-state index contributed by atoms with van der Waals surface area (Å²) in [6.45, 7) is 0. The van der Waals surface area contributed by atoms with Crippen LogP contribution in [0.15, 0.2) is 114 Å². The van der Waals surface area contributed by atoms with Gasteiger partial charge in [0.1, 0.15) is 11.6 Å². The van der Waals surface area contributed by atoms with Gasteiger partial charge in [0.15, 0.2) is 0 Å². The first kappa shape index (κ1) is 22.6. The molecule has 0 radical (unpaired) electrons. The number of rotatable bonds is 6. The summed E-state index contributed by atoms with van der Waals surface area (Å²) in [6.07, 6.45) is 0. The number of sulfonamides is 1. The minimum atomic E-state index is -3.81. The van der Waals surface area contributed by atoms with Crippen LogP contribution in [0.25, 0.3) is 39.6 Å². The van der Waals surface area contributed by atoms with Crippen molar-refractivity contribution in [2.75, 3.05) is 7.11 Å². The maximum atomic E-state index is 11.9. The quantitative estimate of drug-likeness (QED) is 0.345. The van der Waals surface area contributed by atoms with Crippen molar-refractivity contribution in [1.82, 2.24) is 9.55 Å². The van der Waals surface area contributed by atoms with Crippen molar-refractivity contribution in [2.45, 2.75) is 4.90 Å². The number of ether oxygens (including phenoxy) is 1. The monoisotopic (exact) mass is 481 g/mol. The first-order chi connectivity index (χ1) is 17.0. The lowest BCUT2D eigenvalue weighted by Crippen LogP contribution is -2.12. The van der Waals surface area contributed by atoms with E-state index in [-0.39, 0.29) is 4.90 Å². The standard InChI is InChI=1S/C28H23N3O3S/c1-34-24-16-12-22(13-17-24)28-30-26(20-8-4-2-5-9-20)27(21-10-6-3-7-11-21)31(28)23-14-18-25(19-15-23)35(29,32)33/h2-19H,1H3,(H2,29,32,33). The van der Waals surface area contributed by atoms with Crippen molar-refractivity contribution in [3.8, 4) is 45.3 Å². The van der Waals surface area contributed by atoms with Gasteiger partial charge in [-0.1, -0.05) is 60.7 Å². The molecule has 4 aromatic carbocycles. The number of imidazole rings is 1. The van der Waals surface area contributed by atoms with Gasteiger partial charge in [0.2, 0.25) is 10.0 Å². The van der Waals surface area contributed by atoms with Gasteiger partial charge in [-0.15, -0.1) is 0 Å². The molecular formula is C28H23N3O3S. The van der Waals surface area contributed by atoms with E-state index in [0.717, 1.165) is 39.5 Å². The van der Waals surface area contributed by atoms with Crippen molar-refractivity contribution in [3.05, 3.63) is 109 Å².